The van der Waals surface area contributed by atoms with E-state index in [9.17, 15) is 4.79 Å². The van der Waals surface area contributed by atoms with Crippen molar-refractivity contribution >= 4 is 17.5 Å². The summed E-state index contributed by atoms with van der Waals surface area (Å²) in [7, 11) is 0. The SMILES string of the molecule is Cc1c(-c2ccc(Cl)cc2)nnn1CCC(N)=O. The molecule has 1 aromatic heterocycles. The highest BCUT2D eigenvalue weighted by molar-refractivity contribution is 6.30. The number of carbonyl (C=O) groups is 1. The van der Waals surface area contributed by atoms with Crippen LogP contribution in [0.4, 0.5) is 0 Å². The molecule has 0 atom stereocenters. The highest BCUT2D eigenvalue weighted by Crippen LogP contribution is 2.22. The first-order valence-electron chi connectivity index (χ1n) is 5.52. The minimum atomic E-state index is -0.349. The van der Waals surface area contributed by atoms with Gasteiger partial charge in [0.2, 0.25) is 5.91 Å². The van der Waals surface area contributed by atoms with Crippen molar-refractivity contribution in [1.82, 2.24) is 15.0 Å². The van der Waals surface area contributed by atoms with Gasteiger partial charge in [0.15, 0.2) is 0 Å². The normalized spacial score (nSPS) is 10.6. The zero-order valence-corrected chi connectivity index (χ0v) is 10.7. The Hall–Kier alpha value is -1.88. The molecule has 1 heterocycles. The third-order valence-electron chi connectivity index (χ3n) is 2.67. The number of benzene rings is 1. The summed E-state index contributed by atoms with van der Waals surface area (Å²) in [6.45, 7) is 2.35. The van der Waals surface area contributed by atoms with Gasteiger partial charge in [-0.05, 0) is 19.1 Å². The fraction of sp³-hybridized carbons (Fsp3) is 0.250. The summed E-state index contributed by atoms with van der Waals surface area (Å²) in [5.41, 5.74) is 7.75. The van der Waals surface area contributed by atoms with Crippen LogP contribution >= 0.6 is 11.6 Å². The predicted molar refractivity (Wildman–Crippen MR) is 69.0 cm³/mol. The van der Waals surface area contributed by atoms with E-state index in [0.717, 1.165) is 17.0 Å². The quantitative estimate of drug-likeness (QED) is 0.915. The van der Waals surface area contributed by atoms with Crippen molar-refractivity contribution in [3.8, 4) is 11.3 Å². The average Bonchev–Trinajstić information content (AvgIpc) is 2.69. The third-order valence-corrected chi connectivity index (χ3v) is 2.92. The molecule has 0 aliphatic heterocycles. The monoisotopic (exact) mass is 264 g/mol. The van der Waals surface area contributed by atoms with Gasteiger partial charge in [-0.15, -0.1) is 5.10 Å². The molecule has 2 aromatic rings. The van der Waals surface area contributed by atoms with E-state index < -0.39 is 0 Å². The van der Waals surface area contributed by atoms with Crippen LogP contribution in [0, 0.1) is 6.92 Å². The van der Waals surface area contributed by atoms with Gasteiger partial charge in [-0.3, -0.25) is 4.79 Å². The molecule has 94 valence electrons. The minimum Gasteiger partial charge on any atom is -0.370 e. The molecule has 2 rings (SSSR count). The summed E-state index contributed by atoms with van der Waals surface area (Å²) in [6.07, 6.45) is 0.254. The molecular formula is C12H13ClN4O. The van der Waals surface area contributed by atoms with Gasteiger partial charge < -0.3 is 5.73 Å². The number of hydrogen-bond donors (Lipinski definition) is 1. The fourth-order valence-electron chi connectivity index (χ4n) is 1.66. The van der Waals surface area contributed by atoms with E-state index in [2.05, 4.69) is 10.3 Å². The van der Waals surface area contributed by atoms with Crippen LogP contribution in [0.25, 0.3) is 11.3 Å². The van der Waals surface area contributed by atoms with Crippen molar-refractivity contribution in [2.75, 3.05) is 0 Å². The summed E-state index contributed by atoms with van der Waals surface area (Å²) >= 11 is 5.84. The number of aryl methyl sites for hydroxylation is 1. The zero-order valence-electron chi connectivity index (χ0n) is 9.93. The van der Waals surface area contributed by atoms with Crippen molar-refractivity contribution in [2.45, 2.75) is 19.9 Å². The molecule has 0 unspecified atom stereocenters. The van der Waals surface area contributed by atoms with Crippen LogP contribution in [0.3, 0.4) is 0 Å². The number of rotatable bonds is 4. The average molecular weight is 265 g/mol. The Labute approximate surface area is 110 Å². The van der Waals surface area contributed by atoms with Crippen LogP contribution in [0.2, 0.25) is 5.02 Å². The third kappa shape index (κ3) is 2.68. The lowest BCUT2D eigenvalue weighted by Gasteiger charge is -2.02. The Balaban J connectivity index is 2.25. The number of primary amides is 1. The number of nitrogens with zero attached hydrogens (tertiary/aromatic N) is 3. The van der Waals surface area contributed by atoms with E-state index in [-0.39, 0.29) is 12.3 Å². The lowest BCUT2D eigenvalue weighted by Crippen LogP contribution is -2.15. The van der Waals surface area contributed by atoms with Gasteiger partial charge in [0.25, 0.3) is 0 Å². The van der Waals surface area contributed by atoms with Gasteiger partial charge in [-0.2, -0.15) is 0 Å². The van der Waals surface area contributed by atoms with Gasteiger partial charge in [0.1, 0.15) is 5.69 Å². The van der Waals surface area contributed by atoms with E-state index in [0.29, 0.717) is 11.6 Å². The topological polar surface area (TPSA) is 73.8 Å². The van der Waals surface area contributed by atoms with Crippen LogP contribution in [-0.2, 0) is 11.3 Å². The highest BCUT2D eigenvalue weighted by atomic mass is 35.5. The second-order valence-corrected chi connectivity index (χ2v) is 4.41. The first-order valence-corrected chi connectivity index (χ1v) is 5.90. The summed E-state index contributed by atoms with van der Waals surface area (Å²) in [5.74, 6) is -0.349. The largest absolute Gasteiger partial charge is 0.370 e. The number of halogens is 1. The van der Waals surface area contributed by atoms with Crippen molar-refractivity contribution in [3.63, 3.8) is 0 Å². The number of aromatic nitrogens is 3. The van der Waals surface area contributed by atoms with Crippen molar-refractivity contribution in [3.05, 3.63) is 35.0 Å². The molecule has 5 nitrogen and oxygen atoms in total. The van der Waals surface area contributed by atoms with E-state index in [1.54, 1.807) is 16.8 Å². The van der Waals surface area contributed by atoms with Crippen LogP contribution < -0.4 is 5.73 Å². The molecule has 1 aromatic carbocycles. The second-order valence-electron chi connectivity index (χ2n) is 3.97. The van der Waals surface area contributed by atoms with E-state index >= 15 is 0 Å². The minimum absolute atomic E-state index is 0.254. The summed E-state index contributed by atoms with van der Waals surface area (Å²) < 4.78 is 1.68. The maximum absolute atomic E-state index is 10.7. The van der Waals surface area contributed by atoms with Crippen LogP contribution in [0.15, 0.2) is 24.3 Å². The number of amides is 1. The summed E-state index contributed by atoms with van der Waals surface area (Å²) in [5, 5.41) is 8.80. The molecule has 0 saturated carbocycles. The maximum atomic E-state index is 10.7. The number of hydrogen-bond acceptors (Lipinski definition) is 3. The Morgan fingerprint density at radius 1 is 1.39 bits per heavy atom. The van der Waals surface area contributed by atoms with Gasteiger partial charge in [-0.1, -0.05) is 28.9 Å². The molecule has 2 N–H and O–H groups in total. The zero-order chi connectivity index (χ0) is 13.1. The molecule has 0 bridgehead atoms. The number of carbonyl (C=O) groups excluding carboxylic acids is 1. The molecule has 6 heteroatoms. The smallest absolute Gasteiger partial charge is 0.219 e. The fourth-order valence-corrected chi connectivity index (χ4v) is 1.79. The van der Waals surface area contributed by atoms with Crippen molar-refractivity contribution in [1.29, 1.82) is 0 Å². The van der Waals surface area contributed by atoms with Crippen LogP contribution in [-0.4, -0.2) is 20.9 Å². The van der Waals surface area contributed by atoms with Gasteiger partial charge in [0, 0.05) is 17.0 Å². The molecule has 0 aliphatic carbocycles. The first-order chi connectivity index (χ1) is 8.58. The lowest BCUT2D eigenvalue weighted by molar-refractivity contribution is -0.118. The van der Waals surface area contributed by atoms with Crippen molar-refractivity contribution < 1.29 is 4.79 Å². The van der Waals surface area contributed by atoms with Crippen LogP contribution in [0.5, 0.6) is 0 Å². The molecule has 18 heavy (non-hydrogen) atoms. The Morgan fingerprint density at radius 3 is 2.67 bits per heavy atom. The first kappa shape index (κ1) is 12.6. The Kier molecular flexibility index (Phi) is 3.62. The molecule has 0 saturated heterocycles. The van der Waals surface area contributed by atoms with Gasteiger partial charge >= 0.3 is 0 Å². The molecule has 0 fully saturated rings. The lowest BCUT2D eigenvalue weighted by atomic mass is 10.1. The Bertz CT molecular complexity index is 562. The van der Waals surface area contributed by atoms with Crippen molar-refractivity contribution in [2.24, 2.45) is 5.73 Å². The second kappa shape index (κ2) is 5.18. The molecular weight excluding hydrogens is 252 g/mol. The summed E-state index contributed by atoms with van der Waals surface area (Å²) in [6, 6.07) is 7.38. The molecule has 0 aliphatic rings. The highest BCUT2D eigenvalue weighted by Gasteiger charge is 2.10. The maximum Gasteiger partial charge on any atom is 0.219 e. The molecule has 0 spiro atoms. The van der Waals surface area contributed by atoms with Crippen LogP contribution in [0.1, 0.15) is 12.1 Å². The van der Waals surface area contributed by atoms with Gasteiger partial charge in [0.05, 0.1) is 12.2 Å². The summed E-state index contributed by atoms with van der Waals surface area (Å²) in [4.78, 5) is 10.7. The predicted octanol–water partition coefficient (Wildman–Crippen LogP) is 1.78. The molecule has 0 radical (unpaired) electrons. The Morgan fingerprint density at radius 2 is 2.06 bits per heavy atom. The number of nitrogens with two attached hydrogens (primary N) is 1. The van der Waals surface area contributed by atoms with E-state index in [1.807, 2.05) is 19.1 Å². The van der Waals surface area contributed by atoms with E-state index in [1.165, 1.54) is 0 Å². The standard InChI is InChI=1S/C12H13ClN4O/c1-8-12(9-2-4-10(13)5-3-9)15-16-17(8)7-6-11(14)18/h2-5H,6-7H2,1H3,(H2,14,18). The molecule has 1 amide bonds. The van der Waals surface area contributed by atoms with Gasteiger partial charge in [-0.25, -0.2) is 4.68 Å². The van der Waals surface area contributed by atoms with E-state index in [4.69, 9.17) is 17.3 Å².